The van der Waals surface area contributed by atoms with E-state index in [1.54, 1.807) is 29.2 Å². The van der Waals surface area contributed by atoms with Crippen molar-refractivity contribution in [2.75, 3.05) is 0 Å². The first kappa shape index (κ1) is 19.6. The molecule has 0 aromatic heterocycles. The van der Waals surface area contributed by atoms with Crippen molar-refractivity contribution in [1.82, 2.24) is 4.90 Å². The topological polar surface area (TPSA) is 40.5 Å². The molecule has 0 radical (unpaired) electrons. The molecule has 1 aliphatic heterocycles. The van der Waals surface area contributed by atoms with Gasteiger partial charge in [0, 0.05) is 22.2 Å². The number of carbonyl (C=O) groups excluding carboxylic acids is 1. The van der Waals surface area contributed by atoms with Gasteiger partial charge >= 0.3 is 0 Å². The van der Waals surface area contributed by atoms with Crippen LogP contribution in [0.1, 0.15) is 28.3 Å². The summed E-state index contributed by atoms with van der Waals surface area (Å²) in [5, 5.41) is 12.0. The normalized spacial score (nSPS) is 16.6. The third kappa shape index (κ3) is 3.89. The average Bonchev–Trinajstić information content (AvgIpc) is 2.96. The first-order chi connectivity index (χ1) is 13.9. The number of aliphatic hydroxyl groups excluding tert-OH is 1. The van der Waals surface area contributed by atoms with Crippen molar-refractivity contribution in [2.45, 2.75) is 19.5 Å². The lowest BCUT2D eigenvalue weighted by molar-refractivity contribution is -0.130. The fourth-order valence-electron chi connectivity index (χ4n) is 3.62. The number of hydrogen-bond acceptors (Lipinski definition) is 2. The van der Waals surface area contributed by atoms with E-state index in [4.69, 9.17) is 23.2 Å². The smallest absolute Gasteiger partial charge is 0.290 e. The molecular formula is C24H19Cl2NO2. The van der Waals surface area contributed by atoms with Crippen LogP contribution in [-0.4, -0.2) is 15.9 Å². The first-order valence-electron chi connectivity index (χ1n) is 9.25. The van der Waals surface area contributed by atoms with Gasteiger partial charge in [-0.25, -0.2) is 0 Å². The fourth-order valence-corrected chi connectivity index (χ4v) is 3.87. The van der Waals surface area contributed by atoms with E-state index < -0.39 is 11.9 Å². The molecule has 0 unspecified atom stereocenters. The summed E-state index contributed by atoms with van der Waals surface area (Å²) < 4.78 is 0. The number of amides is 1. The maximum absolute atomic E-state index is 13.0. The van der Waals surface area contributed by atoms with E-state index in [1.807, 2.05) is 55.5 Å². The van der Waals surface area contributed by atoms with E-state index in [2.05, 4.69) is 0 Å². The number of aryl methyl sites for hydroxylation is 1. The monoisotopic (exact) mass is 423 g/mol. The van der Waals surface area contributed by atoms with Gasteiger partial charge in [-0.15, -0.1) is 0 Å². The second kappa shape index (κ2) is 7.94. The van der Waals surface area contributed by atoms with Crippen LogP contribution in [0.2, 0.25) is 10.0 Å². The summed E-state index contributed by atoms with van der Waals surface area (Å²) in [7, 11) is 0. The highest BCUT2D eigenvalue weighted by Gasteiger charge is 2.40. The molecular weight excluding hydrogens is 405 g/mol. The number of hydrogen-bond donors (Lipinski definition) is 1. The van der Waals surface area contributed by atoms with Crippen LogP contribution in [0.4, 0.5) is 0 Å². The summed E-state index contributed by atoms with van der Waals surface area (Å²) in [6.45, 7) is 2.40. The Labute approximate surface area is 179 Å². The van der Waals surface area contributed by atoms with Crippen molar-refractivity contribution in [3.63, 3.8) is 0 Å². The number of aliphatic hydroxyl groups is 1. The highest BCUT2D eigenvalue weighted by atomic mass is 35.5. The fraction of sp³-hybridized carbons (Fsp3) is 0.125. The molecule has 1 heterocycles. The van der Waals surface area contributed by atoms with Crippen molar-refractivity contribution < 1.29 is 9.90 Å². The van der Waals surface area contributed by atoms with Crippen LogP contribution in [-0.2, 0) is 11.3 Å². The average molecular weight is 424 g/mol. The van der Waals surface area contributed by atoms with Gasteiger partial charge in [0.1, 0.15) is 0 Å². The summed E-state index contributed by atoms with van der Waals surface area (Å²) in [6.07, 6.45) is 0. The number of halogens is 2. The molecule has 1 N–H and O–H groups in total. The third-order valence-corrected chi connectivity index (χ3v) is 5.62. The number of rotatable bonds is 4. The lowest BCUT2D eigenvalue weighted by Gasteiger charge is -2.27. The quantitative estimate of drug-likeness (QED) is 0.530. The Balaban J connectivity index is 1.80. The molecule has 0 saturated carbocycles. The number of carbonyl (C=O) groups is 1. The van der Waals surface area contributed by atoms with Crippen molar-refractivity contribution in [1.29, 1.82) is 0 Å². The van der Waals surface area contributed by atoms with Gasteiger partial charge in [0.25, 0.3) is 5.91 Å². The predicted molar refractivity (Wildman–Crippen MR) is 117 cm³/mol. The van der Waals surface area contributed by atoms with Gasteiger partial charge in [0.2, 0.25) is 0 Å². The van der Waals surface area contributed by atoms with E-state index in [9.17, 15) is 9.90 Å². The van der Waals surface area contributed by atoms with Gasteiger partial charge in [-0.05, 0) is 47.9 Å². The van der Waals surface area contributed by atoms with Crippen LogP contribution in [0.5, 0.6) is 0 Å². The van der Waals surface area contributed by atoms with Crippen LogP contribution < -0.4 is 0 Å². The van der Waals surface area contributed by atoms with Crippen molar-refractivity contribution in [3.05, 3.63) is 111 Å². The second-order valence-corrected chi connectivity index (χ2v) is 8.01. The summed E-state index contributed by atoms with van der Waals surface area (Å²) in [5.74, 6) is -0.630. The maximum Gasteiger partial charge on any atom is 0.290 e. The molecule has 0 fully saturated rings. The molecule has 3 aromatic carbocycles. The van der Waals surface area contributed by atoms with E-state index in [-0.39, 0.29) is 5.76 Å². The van der Waals surface area contributed by atoms with E-state index >= 15 is 0 Å². The van der Waals surface area contributed by atoms with Crippen LogP contribution in [0, 0.1) is 6.92 Å². The van der Waals surface area contributed by atoms with Gasteiger partial charge in [-0.1, -0.05) is 77.3 Å². The van der Waals surface area contributed by atoms with E-state index in [1.165, 1.54) is 0 Å². The van der Waals surface area contributed by atoms with Gasteiger partial charge in [0.05, 0.1) is 6.04 Å². The highest BCUT2D eigenvalue weighted by Crippen LogP contribution is 2.44. The number of nitrogens with zero attached hydrogens (tertiary/aromatic N) is 1. The molecule has 1 amide bonds. The molecule has 5 heteroatoms. The Morgan fingerprint density at radius 3 is 2.00 bits per heavy atom. The third-order valence-electron chi connectivity index (χ3n) is 5.12. The molecule has 0 bridgehead atoms. The summed E-state index contributed by atoms with van der Waals surface area (Å²) in [6, 6.07) is 22.1. The van der Waals surface area contributed by atoms with Crippen LogP contribution >= 0.6 is 23.2 Å². The zero-order valence-corrected chi connectivity index (χ0v) is 17.3. The maximum atomic E-state index is 13.0. The van der Waals surface area contributed by atoms with Crippen LogP contribution in [0.3, 0.4) is 0 Å². The lowest BCUT2D eigenvalue weighted by atomic mass is 9.93. The highest BCUT2D eigenvalue weighted by molar-refractivity contribution is 6.30. The standard InChI is InChI=1S/C24H19Cl2NO2/c1-15-2-4-16(5-3-15)14-27-22(18-8-12-20(26)13-9-18)21(23(28)24(27)29)17-6-10-19(25)11-7-17/h2-13,22,28H,14H2,1H3/t22-/m0/s1. The Kier molecular flexibility index (Phi) is 5.35. The van der Waals surface area contributed by atoms with Crippen LogP contribution in [0.15, 0.2) is 78.6 Å². The molecule has 29 heavy (non-hydrogen) atoms. The van der Waals surface area contributed by atoms with Gasteiger partial charge in [0.15, 0.2) is 5.76 Å². The van der Waals surface area contributed by atoms with E-state index in [0.29, 0.717) is 22.2 Å². The Bertz CT molecular complexity index is 1070. The van der Waals surface area contributed by atoms with Crippen LogP contribution in [0.25, 0.3) is 5.57 Å². The zero-order valence-electron chi connectivity index (χ0n) is 15.8. The molecule has 146 valence electrons. The molecule has 3 nitrogen and oxygen atoms in total. The molecule has 0 spiro atoms. The molecule has 0 aliphatic carbocycles. The van der Waals surface area contributed by atoms with Crippen molar-refractivity contribution in [2.24, 2.45) is 0 Å². The molecule has 1 atom stereocenters. The molecule has 1 aliphatic rings. The Morgan fingerprint density at radius 1 is 0.862 bits per heavy atom. The summed E-state index contributed by atoms with van der Waals surface area (Å²) in [5.41, 5.74) is 4.35. The molecule has 4 rings (SSSR count). The summed E-state index contributed by atoms with van der Waals surface area (Å²) >= 11 is 12.1. The largest absolute Gasteiger partial charge is 0.503 e. The Morgan fingerprint density at radius 2 is 1.41 bits per heavy atom. The first-order valence-corrected chi connectivity index (χ1v) is 10.0. The Hall–Kier alpha value is -2.75. The molecule has 0 saturated heterocycles. The number of benzene rings is 3. The van der Waals surface area contributed by atoms with E-state index in [0.717, 1.165) is 22.3 Å². The van der Waals surface area contributed by atoms with Gasteiger partial charge < -0.3 is 10.0 Å². The van der Waals surface area contributed by atoms with Gasteiger partial charge in [-0.2, -0.15) is 0 Å². The van der Waals surface area contributed by atoms with Crippen molar-refractivity contribution >= 4 is 34.7 Å². The molecule has 3 aromatic rings. The second-order valence-electron chi connectivity index (χ2n) is 7.14. The van der Waals surface area contributed by atoms with Gasteiger partial charge in [-0.3, -0.25) is 4.79 Å². The predicted octanol–water partition coefficient (Wildman–Crippen LogP) is 6.35. The minimum Gasteiger partial charge on any atom is -0.503 e. The lowest BCUT2D eigenvalue weighted by Crippen LogP contribution is -2.29. The zero-order chi connectivity index (χ0) is 20.5. The minimum absolute atomic E-state index is 0.237. The summed E-state index contributed by atoms with van der Waals surface area (Å²) in [4.78, 5) is 14.7. The minimum atomic E-state index is -0.428. The SMILES string of the molecule is Cc1ccc(CN2C(=O)C(O)=C(c3ccc(Cl)cc3)[C@@H]2c2ccc(Cl)cc2)cc1. The van der Waals surface area contributed by atoms with Crippen molar-refractivity contribution in [3.8, 4) is 0 Å².